The SMILES string of the molecule is C=C1CN2CCC[C@@]2(COc2nc3c4c(c(Cl)c(-c5nc(N(Cc6ccc(OC)cc6)Cc6ccc(OC)cc6)cc(C)c5Cl)c(F)c4n2)OC[C@@H]2CN(C(=O)OC(C)(C)C)CCN32)C1. The van der Waals surface area contributed by atoms with Crippen molar-refractivity contribution >= 4 is 51.8 Å². The molecule has 65 heavy (non-hydrogen) atoms. The van der Waals surface area contributed by atoms with Crippen LogP contribution in [-0.4, -0.2) is 108 Å². The molecule has 13 nitrogen and oxygen atoms in total. The van der Waals surface area contributed by atoms with Gasteiger partial charge in [0.2, 0.25) is 0 Å². The van der Waals surface area contributed by atoms with Crippen molar-refractivity contribution in [3.8, 4) is 34.5 Å². The predicted molar refractivity (Wildman–Crippen MR) is 251 cm³/mol. The Morgan fingerprint density at radius 1 is 0.969 bits per heavy atom. The first-order valence-corrected chi connectivity index (χ1v) is 22.7. The number of rotatable bonds is 11. The van der Waals surface area contributed by atoms with Crippen LogP contribution in [0.5, 0.6) is 23.3 Å². The highest BCUT2D eigenvalue weighted by molar-refractivity contribution is 6.38. The first-order valence-electron chi connectivity index (χ1n) is 22.0. The van der Waals surface area contributed by atoms with E-state index in [-0.39, 0.29) is 57.3 Å². The molecule has 0 unspecified atom stereocenters. The standard InChI is InChI=1S/C49H54Cl2FN7O6/c1-29-22-49(17-8-18-58(49)23-29)28-64-46-54-43-38-44(63-27-33-26-56(47(60)65-48(3,4)5)19-20-59(33)45(38)55-46)40(51)37(41(43)52)42-39(50)30(2)21-36(53-42)57(24-31-9-13-34(61-6)14-10-31)25-32-11-15-35(62-7)16-12-32/h9-16,21,33H,1,8,17-20,22-28H2,2-7H3/t33-,49-/m0/s1. The van der Waals surface area contributed by atoms with Crippen LogP contribution in [0.25, 0.3) is 22.2 Å². The maximum Gasteiger partial charge on any atom is 0.410 e. The second kappa shape index (κ2) is 17.7. The molecule has 1 amide bonds. The monoisotopic (exact) mass is 925 g/mol. The first-order chi connectivity index (χ1) is 31.1. The molecule has 3 fully saturated rings. The number of halogens is 3. The van der Waals surface area contributed by atoms with E-state index in [0.29, 0.717) is 55.4 Å². The first kappa shape index (κ1) is 44.6. The van der Waals surface area contributed by atoms with Gasteiger partial charge in [0, 0.05) is 39.3 Å². The number of methoxy groups -OCH3 is 2. The van der Waals surface area contributed by atoms with Crippen molar-refractivity contribution in [1.82, 2.24) is 24.8 Å². The average molecular weight is 927 g/mol. The Bertz CT molecular complexity index is 2600. The van der Waals surface area contributed by atoms with Crippen LogP contribution in [0, 0.1) is 12.7 Å². The lowest BCUT2D eigenvalue weighted by molar-refractivity contribution is 0.0202. The van der Waals surface area contributed by atoms with Crippen molar-refractivity contribution in [3.63, 3.8) is 0 Å². The Labute approximate surface area is 389 Å². The number of ether oxygens (including phenoxy) is 5. The van der Waals surface area contributed by atoms with Gasteiger partial charge in [0.1, 0.15) is 47.5 Å². The number of aryl methyl sites for hydroxylation is 1. The summed E-state index contributed by atoms with van der Waals surface area (Å²) in [4.78, 5) is 36.5. The van der Waals surface area contributed by atoms with Gasteiger partial charge in [0.05, 0.1) is 52.5 Å². The van der Waals surface area contributed by atoms with Gasteiger partial charge in [-0.3, -0.25) is 4.90 Å². The molecule has 0 aliphatic carbocycles. The molecular weight excluding hydrogens is 872 g/mol. The number of pyridine rings is 1. The molecule has 3 saturated heterocycles. The summed E-state index contributed by atoms with van der Waals surface area (Å²) in [5.74, 6) is 1.88. The molecule has 2 atom stereocenters. The third kappa shape index (κ3) is 8.80. The molecule has 2 aromatic heterocycles. The molecule has 6 heterocycles. The zero-order valence-electron chi connectivity index (χ0n) is 37.7. The number of nitrogens with zero attached hydrogens (tertiary/aromatic N) is 7. The minimum atomic E-state index is -0.741. The molecule has 9 rings (SSSR count). The lowest BCUT2D eigenvalue weighted by Gasteiger charge is -2.41. The molecule has 0 spiro atoms. The number of amides is 1. The van der Waals surface area contributed by atoms with Gasteiger partial charge in [-0.15, -0.1) is 0 Å². The number of carbonyl (C=O) groups is 1. The number of anilines is 2. The van der Waals surface area contributed by atoms with Crippen molar-refractivity contribution in [2.24, 2.45) is 0 Å². The summed E-state index contributed by atoms with van der Waals surface area (Å²) in [5, 5.41) is 0.503. The molecule has 4 aliphatic heterocycles. The van der Waals surface area contributed by atoms with Gasteiger partial charge < -0.3 is 38.4 Å². The second-order valence-corrected chi connectivity index (χ2v) is 19.2. The van der Waals surface area contributed by atoms with E-state index in [1.165, 1.54) is 0 Å². The van der Waals surface area contributed by atoms with E-state index in [1.807, 2.05) is 87.2 Å². The fraction of sp³-hybridized carbons (Fsp3) is 0.429. The van der Waals surface area contributed by atoms with E-state index in [1.54, 1.807) is 19.1 Å². The smallest absolute Gasteiger partial charge is 0.410 e. The third-order valence-electron chi connectivity index (χ3n) is 12.7. The van der Waals surface area contributed by atoms with E-state index >= 15 is 4.39 Å². The predicted octanol–water partition coefficient (Wildman–Crippen LogP) is 9.66. The van der Waals surface area contributed by atoms with Crippen molar-refractivity contribution in [2.45, 2.75) is 77.2 Å². The van der Waals surface area contributed by atoms with Crippen LogP contribution in [0.1, 0.15) is 56.7 Å². The zero-order valence-corrected chi connectivity index (χ0v) is 39.2. The number of hydrogen-bond acceptors (Lipinski definition) is 12. The second-order valence-electron chi connectivity index (χ2n) is 18.4. The normalized spacial score (nSPS) is 19.4. The molecule has 0 saturated carbocycles. The van der Waals surface area contributed by atoms with Crippen LogP contribution in [0.2, 0.25) is 10.0 Å². The lowest BCUT2D eigenvalue weighted by Crippen LogP contribution is -2.57. The molecule has 5 aromatic rings. The molecule has 342 valence electrons. The summed E-state index contributed by atoms with van der Waals surface area (Å²) in [6, 6.07) is 17.2. The number of benzene rings is 3. The Morgan fingerprint density at radius 3 is 2.29 bits per heavy atom. The van der Waals surface area contributed by atoms with E-state index in [4.69, 9.17) is 61.8 Å². The summed E-state index contributed by atoms with van der Waals surface area (Å²) < 4.78 is 47.7. The average Bonchev–Trinajstić information content (AvgIpc) is 3.76. The van der Waals surface area contributed by atoms with Gasteiger partial charge in [-0.2, -0.15) is 9.97 Å². The minimum Gasteiger partial charge on any atom is -0.497 e. The van der Waals surface area contributed by atoms with Crippen molar-refractivity contribution in [2.75, 3.05) is 70.0 Å². The van der Waals surface area contributed by atoms with E-state index in [0.717, 1.165) is 60.6 Å². The van der Waals surface area contributed by atoms with Crippen molar-refractivity contribution < 1.29 is 32.9 Å². The van der Waals surface area contributed by atoms with Crippen LogP contribution in [0.3, 0.4) is 0 Å². The Kier molecular flexibility index (Phi) is 12.1. The van der Waals surface area contributed by atoms with Crippen LogP contribution < -0.4 is 28.7 Å². The Balaban J connectivity index is 1.16. The fourth-order valence-corrected chi connectivity index (χ4v) is 10.0. The quantitative estimate of drug-likeness (QED) is 0.118. The summed E-state index contributed by atoms with van der Waals surface area (Å²) in [6.07, 6.45) is 2.37. The number of fused-ring (bicyclic) bond motifs is 3. The number of hydrogen-bond donors (Lipinski definition) is 0. The largest absolute Gasteiger partial charge is 0.497 e. The Hall–Kier alpha value is -5.57. The number of piperazine rings is 1. The summed E-state index contributed by atoms with van der Waals surface area (Å²) in [5.41, 5.74) is 2.94. The molecule has 3 aromatic carbocycles. The summed E-state index contributed by atoms with van der Waals surface area (Å²) >= 11 is 14.5. The molecule has 0 radical (unpaired) electrons. The molecule has 4 aliphatic rings. The minimum absolute atomic E-state index is 0.0220. The topological polar surface area (TPSA) is 115 Å². The number of carbonyl (C=O) groups excluding carboxylic acids is 1. The lowest BCUT2D eigenvalue weighted by atomic mass is 9.94. The van der Waals surface area contributed by atoms with Crippen LogP contribution in [0.4, 0.5) is 20.8 Å². The summed E-state index contributed by atoms with van der Waals surface area (Å²) in [6.45, 7) is 15.7. The van der Waals surface area contributed by atoms with Crippen molar-refractivity contribution in [3.05, 3.63) is 99.3 Å². The highest BCUT2D eigenvalue weighted by Crippen LogP contribution is 2.50. The Morgan fingerprint density at radius 2 is 1.65 bits per heavy atom. The molecule has 16 heteroatoms. The van der Waals surface area contributed by atoms with Gasteiger partial charge in [-0.1, -0.05) is 59.6 Å². The van der Waals surface area contributed by atoms with E-state index in [9.17, 15) is 4.79 Å². The maximum absolute atomic E-state index is 18.0. The summed E-state index contributed by atoms with van der Waals surface area (Å²) in [7, 11) is 3.26. The highest BCUT2D eigenvalue weighted by atomic mass is 35.5. The molecule has 0 N–H and O–H groups in total. The number of aromatic nitrogens is 3. The van der Waals surface area contributed by atoms with E-state index in [2.05, 4.69) is 16.4 Å². The molecular formula is C49H54Cl2FN7O6. The zero-order chi connectivity index (χ0) is 45.8. The third-order valence-corrected chi connectivity index (χ3v) is 13.6. The van der Waals surface area contributed by atoms with Crippen LogP contribution in [-0.2, 0) is 17.8 Å². The van der Waals surface area contributed by atoms with E-state index < -0.39 is 23.6 Å². The molecule has 0 bridgehead atoms. The highest BCUT2D eigenvalue weighted by Gasteiger charge is 2.47. The van der Waals surface area contributed by atoms with Crippen LogP contribution in [0.15, 0.2) is 66.7 Å². The van der Waals surface area contributed by atoms with Crippen LogP contribution >= 0.6 is 23.2 Å². The van der Waals surface area contributed by atoms with Gasteiger partial charge in [0.15, 0.2) is 11.6 Å². The van der Waals surface area contributed by atoms with Gasteiger partial charge in [0.25, 0.3) is 0 Å². The van der Waals surface area contributed by atoms with Gasteiger partial charge in [-0.05, 0) is 101 Å². The van der Waals surface area contributed by atoms with Gasteiger partial charge >= 0.3 is 12.1 Å². The van der Waals surface area contributed by atoms with Gasteiger partial charge in [-0.25, -0.2) is 14.2 Å². The fourth-order valence-electron chi connectivity index (χ4n) is 9.53. The maximum atomic E-state index is 18.0. The van der Waals surface area contributed by atoms with Crippen molar-refractivity contribution in [1.29, 1.82) is 0 Å².